The lowest BCUT2D eigenvalue weighted by molar-refractivity contribution is -0.142. The maximum absolute atomic E-state index is 13.5. The van der Waals surface area contributed by atoms with Crippen LogP contribution in [0.5, 0.6) is 0 Å². The van der Waals surface area contributed by atoms with Crippen LogP contribution in [0.4, 0.5) is 0 Å². The minimum atomic E-state index is -2.39. The standard InChI is InChI=1S/C23H36O5Si/c1-14(2)10-12-17-21(26)19(20(25)16(5)6)22(27)23(17,28-29(7,8)9)18(24)13-11-15(3)4/h10-11,16-17,27H,12-13H2,1-9H3/t17-,23+/m1/s1. The van der Waals surface area contributed by atoms with Crippen molar-refractivity contribution in [2.75, 3.05) is 0 Å². The van der Waals surface area contributed by atoms with Crippen LogP contribution in [0.25, 0.3) is 0 Å². The lowest BCUT2D eigenvalue weighted by Gasteiger charge is -2.38. The monoisotopic (exact) mass is 420 g/mol. The predicted molar refractivity (Wildman–Crippen MR) is 118 cm³/mol. The lowest BCUT2D eigenvalue weighted by Crippen LogP contribution is -2.54. The van der Waals surface area contributed by atoms with Crippen molar-refractivity contribution < 1.29 is 23.9 Å². The van der Waals surface area contributed by atoms with E-state index >= 15 is 0 Å². The van der Waals surface area contributed by atoms with Crippen LogP contribution in [0, 0.1) is 11.8 Å². The van der Waals surface area contributed by atoms with E-state index in [2.05, 4.69) is 0 Å². The molecule has 162 valence electrons. The highest BCUT2D eigenvalue weighted by Crippen LogP contribution is 2.46. The quantitative estimate of drug-likeness (QED) is 0.319. The van der Waals surface area contributed by atoms with Gasteiger partial charge in [0.25, 0.3) is 0 Å². The molecule has 0 spiro atoms. The number of aliphatic hydroxyl groups is 1. The summed E-state index contributed by atoms with van der Waals surface area (Å²) in [5.41, 5.74) is -0.136. The lowest BCUT2D eigenvalue weighted by atomic mass is 9.81. The molecule has 1 aliphatic rings. The van der Waals surface area contributed by atoms with Crippen molar-refractivity contribution in [2.45, 2.75) is 79.6 Å². The minimum absolute atomic E-state index is 0.0264. The van der Waals surface area contributed by atoms with Crippen LogP contribution in [-0.2, 0) is 18.8 Å². The summed E-state index contributed by atoms with van der Waals surface area (Å²) < 4.78 is 6.32. The van der Waals surface area contributed by atoms with Gasteiger partial charge in [-0.3, -0.25) is 14.4 Å². The second-order valence-corrected chi connectivity index (χ2v) is 14.0. The highest BCUT2D eigenvalue weighted by atomic mass is 28.4. The Kier molecular flexibility index (Phi) is 8.14. The third kappa shape index (κ3) is 5.63. The molecule has 0 heterocycles. The van der Waals surface area contributed by atoms with Gasteiger partial charge in [-0.1, -0.05) is 37.1 Å². The Morgan fingerprint density at radius 3 is 2.03 bits per heavy atom. The third-order valence-electron chi connectivity index (χ3n) is 4.75. The topological polar surface area (TPSA) is 80.7 Å². The van der Waals surface area contributed by atoms with Gasteiger partial charge in [-0.05, 0) is 53.8 Å². The third-order valence-corrected chi connectivity index (χ3v) is 5.69. The fourth-order valence-electron chi connectivity index (χ4n) is 3.41. The average Bonchev–Trinajstić information content (AvgIpc) is 2.76. The fourth-order valence-corrected chi connectivity index (χ4v) is 4.73. The molecule has 0 amide bonds. The van der Waals surface area contributed by atoms with Gasteiger partial charge in [0.1, 0.15) is 11.3 Å². The van der Waals surface area contributed by atoms with Crippen LogP contribution < -0.4 is 0 Å². The molecule has 5 nitrogen and oxygen atoms in total. The fraction of sp³-hybridized carbons (Fsp3) is 0.609. The molecular formula is C23H36O5Si. The van der Waals surface area contributed by atoms with Crippen LogP contribution >= 0.6 is 0 Å². The minimum Gasteiger partial charge on any atom is -0.508 e. The smallest absolute Gasteiger partial charge is 0.185 e. The van der Waals surface area contributed by atoms with E-state index in [0.717, 1.165) is 11.1 Å². The van der Waals surface area contributed by atoms with Gasteiger partial charge in [0.2, 0.25) is 0 Å². The van der Waals surface area contributed by atoms with E-state index in [1.54, 1.807) is 19.9 Å². The molecule has 1 rings (SSSR count). The summed E-state index contributed by atoms with van der Waals surface area (Å²) in [6.07, 6.45) is 3.87. The van der Waals surface area contributed by atoms with Gasteiger partial charge in [0.15, 0.2) is 31.3 Å². The number of hydrogen-bond acceptors (Lipinski definition) is 5. The Morgan fingerprint density at radius 1 is 1.10 bits per heavy atom. The summed E-state index contributed by atoms with van der Waals surface area (Å²) >= 11 is 0. The molecule has 2 atom stereocenters. The SMILES string of the molecule is CC(C)=CCC(=O)[C@]1(O[Si](C)(C)C)C(O)=C(C(=O)C(C)C)C(=O)[C@H]1CC=C(C)C. The van der Waals surface area contributed by atoms with Crippen molar-refractivity contribution >= 4 is 25.7 Å². The maximum Gasteiger partial charge on any atom is 0.185 e. The Morgan fingerprint density at radius 2 is 1.62 bits per heavy atom. The number of allylic oxidation sites excluding steroid dienone is 5. The number of aliphatic hydroxyl groups excluding tert-OH is 1. The molecule has 0 unspecified atom stereocenters. The van der Waals surface area contributed by atoms with E-state index in [-0.39, 0.29) is 24.2 Å². The second-order valence-electron chi connectivity index (χ2n) is 9.54. The first kappa shape index (κ1) is 25.2. The van der Waals surface area contributed by atoms with Gasteiger partial charge in [-0.15, -0.1) is 0 Å². The number of ketones is 3. The van der Waals surface area contributed by atoms with Gasteiger partial charge >= 0.3 is 0 Å². The van der Waals surface area contributed by atoms with Crippen LogP contribution in [-0.4, -0.2) is 36.4 Å². The summed E-state index contributed by atoms with van der Waals surface area (Å²) in [6, 6.07) is 0. The van der Waals surface area contributed by atoms with Crippen LogP contribution in [0.2, 0.25) is 19.6 Å². The molecular weight excluding hydrogens is 384 g/mol. The van der Waals surface area contributed by atoms with E-state index in [1.807, 2.05) is 53.4 Å². The van der Waals surface area contributed by atoms with Crippen molar-refractivity contribution in [1.29, 1.82) is 0 Å². The molecule has 0 fully saturated rings. The molecule has 0 bridgehead atoms. The molecule has 29 heavy (non-hydrogen) atoms. The molecule has 0 aromatic rings. The van der Waals surface area contributed by atoms with E-state index in [1.165, 1.54) is 0 Å². The van der Waals surface area contributed by atoms with Crippen LogP contribution in [0.15, 0.2) is 34.6 Å². The van der Waals surface area contributed by atoms with Crippen molar-refractivity contribution in [1.82, 2.24) is 0 Å². The van der Waals surface area contributed by atoms with Gasteiger partial charge in [-0.25, -0.2) is 0 Å². The highest BCUT2D eigenvalue weighted by Gasteiger charge is 2.61. The van der Waals surface area contributed by atoms with Gasteiger partial charge in [0, 0.05) is 12.3 Å². The molecule has 6 heteroatoms. The summed E-state index contributed by atoms with van der Waals surface area (Å²) in [6.45, 7) is 16.6. The Bertz CT molecular complexity index is 772. The van der Waals surface area contributed by atoms with Crippen molar-refractivity contribution in [2.24, 2.45) is 11.8 Å². The number of carbonyl (C=O) groups excluding carboxylic acids is 3. The molecule has 0 aliphatic heterocycles. The van der Waals surface area contributed by atoms with Crippen molar-refractivity contribution in [3.63, 3.8) is 0 Å². The summed E-state index contributed by atoms with van der Waals surface area (Å²) in [5, 5.41) is 11.2. The highest BCUT2D eigenvalue weighted by molar-refractivity contribution is 6.70. The first-order valence-corrected chi connectivity index (χ1v) is 13.6. The van der Waals surface area contributed by atoms with Crippen molar-refractivity contribution in [3.8, 4) is 0 Å². The zero-order chi connectivity index (χ0) is 22.7. The Labute approximate surface area is 176 Å². The normalized spacial score (nSPS) is 22.1. The summed E-state index contributed by atoms with van der Waals surface area (Å²) in [4.78, 5) is 39.6. The Balaban J connectivity index is 3.78. The van der Waals surface area contributed by atoms with E-state index in [0.29, 0.717) is 0 Å². The van der Waals surface area contributed by atoms with E-state index in [9.17, 15) is 19.5 Å². The number of Topliss-reactive ketones (excluding diaryl/α,β-unsaturated/α-hetero) is 3. The maximum atomic E-state index is 13.5. The summed E-state index contributed by atoms with van der Waals surface area (Å²) in [5.74, 6) is -3.25. The Hall–Kier alpha value is -1.79. The average molecular weight is 421 g/mol. The predicted octanol–water partition coefficient (Wildman–Crippen LogP) is 5.09. The molecule has 0 aromatic heterocycles. The zero-order valence-electron chi connectivity index (χ0n) is 19.3. The molecule has 0 radical (unpaired) electrons. The van der Waals surface area contributed by atoms with Gasteiger partial charge < -0.3 is 9.53 Å². The first-order chi connectivity index (χ1) is 13.1. The number of hydrogen-bond donors (Lipinski definition) is 1. The van der Waals surface area contributed by atoms with Crippen LogP contribution in [0.1, 0.15) is 54.4 Å². The van der Waals surface area contributed by atoms with Gasteiger partial charge in [0.05, 0.1) is 5.92 Å². The number of rotatable bonds is 9. The van der Waals surface area contributed by atoms with Crippen LogP contribution in [0.3, 0.4) is 0 Å². The second kappa shape index (κ2) is 9.35. The van der Waals surface area contributed by atoms with Crippen molar-refractivity contribution in [3.05, 3.63) is 34.6 Å². The molecule has 0 aromatic carbocycles. The molecule has 1 N–H and O–H groups in total. The van der Waals surface area contributed by atoms with Gasteiger partial charge in [-0.2, -0.15) is 0 Å². The van der Waals surface area contributed by atoms with E-state index < -0.39 is 43.1 Å². The molecule has 0 saturated heterocycles. The number of carbonyl (C=O) groups is 3. The zero-order valence-corrected chi connectivity index (χ0v) is 20.3. The molecule has 0 saturated carbocycles. The summed E-state index contributed by atoms with van der Waals surface area (Å²) in [7, 11) is -2.39. The van der Waals surface area contributed by atoms with E-state index in [4.69, 9.17) is 4.43 Å². The largest absolute Gasteiger partial charge is 0.508 e. The first-order valence-electron chi connectivity index (χ1n) is 10.2. The molecule has 1 aliphatic carbocycles.